The summed E-state index contributed by atoms with van der Waals surface area (Å²) in [7, 11) is 0. The molecule has 0 saturated carbocycles. The number of rotatable bonds is 6. The van der Waals surface area contributed by atoms with Gasteiger partial charge < -0.3 is 4.74 Å². The molecule has 0 aliphatic carbocycles. The molecule has 1 saturated heterocycles. The molecule has 2 aromatic carbocycles. The van der Waals surface area contributed by atoms with Crippen molar-refractivity contribution in [3.05, 3.63) is 70.3 Å². The van der Waals surface area contributed by atoms with Crippen molar-refractivity contribution in [3.8, 4) is 0 Å². The second-order valence-corrected chi connectivity index (χ2v) is 6.10. The fourth-order valence-electron chi connectivity index (χ4n) is 3.12. The maximum absolute atomic E-state index is 11.2. The van der Waals surface area contributed by atoms with Gasteiger partial charge in [-0.05, 0) is 18.6 Å². The number of para-hydroxylation sites is 2. The van der Waals surface area contributed by atoms with Crippen LogP contribution in [-0.4, -0.2) is 41.8 Å². The van der Waals surface area contributed by atoms with Crippen LogP contribution in [-0.2, 0) is 4.74 Å². The van der Waals surface area contributed by atoms with Gasteiger partial charge in [-0.1, -0.05) is 42.5 Å². The highest BCUT2D eigenvalue weighted by Gasteiger charge is 2.25. The molecule has 7 heteroatoms. The van der Waals surface area contributed by atoms with E-state index in [9.17, 15) is 10.1 Å². The number of hydrogen-bond donors (Lipinski definition) is 1. The van der Waals surface area contributed by atoms with Gasteiger partial charge in [-0.15, -0.1) is 0 Å². The van der Waals surface area contributed by atoms with Gasteiger partial charge in [-0.25, -0.2) is 0 Å². The standard InChI is InChI=1S/C19H22N4O3/c1-15(20-21-17-9-5-6-10-18(17)23(24)25)19(16-7-3-2-4-8-16)22-11-13-26-14-12-22/h2-10,19,21H,11-14H2,1H3/b20-15-/t19-/m1/s1. The second-order valence-electron chi connectivity index (χ2n) is 6.10. The van der Waals surface area contributed by atoms with E-state index in [2.05, 4.69) is 27.6 Å². The molecule has 26 heavy (non-hydrogen) atoms. The van der Waals surface area contributed by atoms with Crippen molar-refractivity contribution < 1.29 is 9.66 Å². The largest absolute Gasteiger partial charge is 0.379 e. The summed E-state index contributed by atoms with van der Waals surface area (Å²) >= 11 is 0. The molecule has 1 N–H and O–H groups in total. The number of nitrogens with zero attached hydrogens (tertiary/aromatic N) is 3. The van der Waals surface area contributed by atoms with E-state index in [0.29, 0.717) is 18.9 Å². The molecule has 1 atom stereocenters. The van der Waals surface area contributed by atoms with Crippen LogP contribution in [0.15, 0.2) is 59.7 Å². The van der Waals surface area contributed by atoms with Gasteiger partial charge in [0.15, 0.2) is 0 Å². The minimum Gasteiger partial charge on any atom is -0.379 e. The first-order valence-electron chi connectivity index (χ1n) is 8.57. The zero-order chi connectivity index (χ0) is 18.4. The fraction of sp³-hybridized carbons (Fsp3) is 0.316. The van der Waals surface area contributed by atoms with E-state index in [-0.39, 0.29) is 11.7 Å². The van der Waals surface area contributed by atoms with Crippen molar-refractivity contribution in [2.24, 2.45) is 5.10 Å². The van der Waals surface area contributed by atoms with Crippen LogP contribution in [0.1, 0.15) is 18.5 Å². The van der Waals surface area contributed by atoms with Gasteiger partial charge >= 0.3 is 0 Å². The van der Waals surface area contributed by atoms with E-state index < -0.39 is 4.92 Å². The van der Waals surface area contributed by atoms with Crippen LogP contribution in [0, 0.1) is 10.1 Å². The van der Waals surface area contributed by atoms with E-state index in [1.807, 2.05) is 25.1 Å². The van der Waals surface area contributed by atoms with Crippen LogP contribution >= 0.6 is 0 Å². The normalized spacial score (nSPS) is 16.9. The smallest absolute Gasteiger partial charge is 0.294 e. The van der Waals surface area contributed by atoms with Crippen LogP contribution in [0.3, 0.4) is 0 Å². The number of benzene rings is 2. The van der Waals surface area contributed by atoms with Crippen molar-refractivity contribution >= 4 is 17.1 Å². The topological polar surface area (TPSA) is 80.0 Å². The molecule has 1 fully saturated rings. The minimum atomic E-state index is -0.413. The molecule has 0 aromatic heterocycles. The monoisotopic (exact) mass is 354 g/mol. The van der Waals surface area contributed by atoms with Gasteiger partial charge in [-0.2, -0.15) is 5.10 Å². The summed E-state index contributed by atoms with van der Waals surface area (Å²) in [6.45, 7) is 4.95. The Kier molecular flexibility index (Phi) is 5.93. The Bertz CT molecular complexity index is 773. The lowest BCUT2D eigenvalue weighted by Crippen LogP contribution is -2.41. The van der Waals surface area contributed by atoms with Crippen LogP contribution in [0.4, 0.5) is 11.4 Å². The molecule has 1 aliphatic rings. The molecule has 0 amide bonds. The average Bonchev–Trinajstić information content (AvgIpc) is 2.68. The molecule has 136 valence electrons. The zero-order valence-corrected chi connectivity index (χ0v) is 14.7. The minimum absolute atomic E-state index is 0.00429. The predicted octanol–water partition coefficient (Wildman–Crippen LogP) is 3.46. The van der Waals surface area contributed by atoms with Gasteiger partial charge in [0.05, 0.1) is 29.9 Å². The Morgan fingerprint density at radius 2 is 1.81 bits per heavy atom. The summed E-state index contributed by atoms with van der Waals surface area (Å²) in [5.41, 5.74) is 5.24. The molecule has 0 spiro atoms. The first kappa shape index (κ1) is 18.0. The molecule has 0 unspecified atom stereocenters. The van der Waals surface area contributed by atoms with E-state index in [0.717, 1.165) is 24.4 Å². The van der Waals surface area contributed by atoms with E-state index in [1.165, 1.54) is 6.07 Å². The van der Waals surface area contributed by atoms with Gasteiger partial charge in [0.25, 0.3) is 5.69 Å². The highest BCUT2D eigenvalue weighted by Crippen LogP contribution is 2.26. The molecule has 0 radical (unpaired) electrons. The summed E-state index contributed by atoms with van der Waals surface area (Å²) in [6.07, 6.45) is 0. The number of hydrazone groups is 1. The third-order valence-corrected chi connectivity index (χ3v) is 4.38. The average molecular weight is 354 g/mol. The molecule has 1 heterocycles. The number of hydrogen-bond acceptors (Lipinski definition) is 6. The number of nitro groups is 1. The van der Waals surface area contributed by atoms with Crippen molar-refractivity contribution in [1.29, 1.82) is 0 Å². The molecule has 0 bridgehead atoms. The number of ether oxygens (including phenoxy) is 1. The molecule has 7 nitrogen and oxygen atoms in total. The van der Waals surface area contributed by atoms with E-state index in [1.54, 1.807) is 18.2 Å². The number of anilines is 1. The van der Waals surface area contributed by atoms with Crippen LogP contribution in [0.5, 0.6) is 0 Å². The molecule has 3 rings (SSSR count). The second kappa shape index (κ2) is 8.55. The Labute approximate surface area is 152 Å². The predicted molar refractivity (Wildman–Crippen MR) is 101 cm³/mol. The third-order valence-electron chi connectivity index (χ3n) is 4.38. The van der Waals surface area contributed by atoms with Crippen molar-refractivity contribution in [2.75, 3.05) is 31.7 Å². The van der Waals surface area contributed by atoms with Crippen molar-refractivity contribution in [3.63, 3.8) is 0 Å². The van der Waals surface area contributed by atoms with E-state index >= 15 is 0 Å². The van der Waals surface area contributed by atoms with Crippen molar-refractivity contribution in [2.45, 2.75) is 13.0 Å². The maximum Gasteiger partial charge on any atom is 0.294 e. The van der Waals surface area contributed by atoms with Gasteiger partial charge in [-0.3, -0.25) is 20.4 Å². The lowest BCUT2D eigenvalue weighted by atomic mass is 10.0. The quantitative estimate of drug-likeness (QED) is 0.488. The van der Waals surface area contributed by atoms with E-state index in [4.69, 9.17) is 4.74 Å². The number of nitrogens with one attached hydrogen (secondary N) is 1. The summed E-state index contributed by atoms with van der Waals surface area (Å²) < 4.78 is 5.46. The molecular formula is C19H22N4O3. The van der Waals surface area contributed by atoms with Gasteiger partial charge in [0.2, 0.25) is 0 Å². The summed E-state index contributed by atoms with van der Waals surface area (Å²) in [5.74, 6) is 0. The summed E-state index contributed by atoms with van der Waals surface area (Å²) in [6, 6.07) is 16.6. The maximum atomic E-state index is 11.2. The third kappa shape index (κ3) is 4.25. The zero-order valence-electron chi connectivity index (χ0n) is 14.7. The Morgan fingerprint density at radius 1 is 1.15 bits per heavy atom. The fourth-order valence-corrected chi connectivity index (χ4v) is 3.12. The Morgan fingerprint density at radius 3 is 2.50 bits per heavy atom. The summed E-state index contributed by atoms with van der Waals surface area (Å²) in [5, 5.41) is 15.6. The Hall–Kier alpha value is -2.77. The molecular weight excluding hydrogens is 332 g/mol. The molecule has 2 aromatic rings. The highest BCUT2D eigenvalue weighted by atomic mass is 16.6. The van der Waals surface area contributed by atoms with Gasteiger partial charge in [0, 0.05) is 19.2 Å². The van der Waals surface area contributed by atoms with Crippen LogP contribution in [0.25, 0.3) is 0 Å². The SMILES string of the molecule is C/C(=N/Nc1ccccc1[N+](=O)[O-])[C@H](c1ccccc1)N1CCOCC1. The summed E-state index contributed by atoms with van der Waals surface area (Å²) in [4.78, 5) is 13.1. The van der Waals surface area contributed by atoms with Crippen LogP contribution < -0.4 is 5.43 Å². The van der Waals surface area contributed by atoms with Gasteiger partial charge in [0.1, 0.15) is 5.69 Å². The number of morpholine rings is 1. The highest BCUT2D eigenvalue weighted by molar-refractivity contribution is 5.89. The first-order chi connectivity index (χ1) is 12.7. The Balaban J connectivity index is 1.86. The molecule has 1 aliphatic heterocycles. The lowest BCUT2D eigenvalue weighted by Gasteiger charge is -2.34. The lowest BCUT2D eigenvalue weighted by molar-refractivity contribution is -0.384. The number of nitro benzene ring substituents is 1. The van der Waals surface area contributed by atoms with Crippen LogP contribution in [0.2, 0.25) is 0 Å². The first-order valence-corrected chi connectivity index (χ1v) is 8.57. The van der Waals surface area contributed by atoms with Crippen molar-refractivity contribution in [1.82, 2.24) is 4.90 Å².